The molecule has 2 atom stereocenters. The van der Waals surface area contributed by atoms with Crippen molar-refractivity contribution in [3.63, 3.8) is 0 Å². The number of hydrogen-bond donors (Lipinski definition) is 0. The summed E-state index contributed by atoms with van der Waals surface area (Å²) in [6.45, 7) is 6.54. The lowest BCUT2D eigenvalue weighted by molar-refractivity contribution is 0.126. The quantitative estimate of drug-likeness (QED) is 0.0613. The van der Waals surface area contributed by atoms with Crippen LogP contribution in [0.1, 0.15) is 278 Å². The van der Waals surface area contributed by atoms with Crippen LogP contribution in [0.15, 0.2) is 71.8 Å². The van der Waals surface area contributed by atoms with Gasteiger partial charge in [0.2, 0.25) is 0 Å². The Labute approximate surface area is 378 Å². The number of benzene rings is 2. The van der Waals surface area contributed by atoms with Crippen molar-refractivity contribution >= 4 is 0 Å². The molecule has 2 saturated carbocycles. The highest BCUT2D eigenvalue weighted by Gasteiger charge is 2.25. The number of ether oxygens (including phenoxy) is 1. The Hall–Kier alpha value is -2.12. The molecule has 2 fully saturated rings. The molecule has 1 nitrogen and oxygen atoms in total. The summed E-state index contributed by atoms with van der Waals surface area (Å²) in [6.07, 6.45) is 52.1. The predicted molar refractivity (Wildman–Crippen MR) is 266 cm³/mol. The first-order valence-corrected chi connectivity index (χ1v) is 27.3. The minimum absolute atomic E-state index is 0.726. The fourth-order valence-electron chi connectivity index (χ4n) is 12.1. The van der Waals surface area contributed by atoms with Crippen LogP contribution in [-0.4, -0.2) is 13.2 Å². The van der Waals surface area contributed by atoms with Crippen molar-refractivity contribution in [2.75, 3.05) is 13.2 Å². The van der Waals surface area contributed by atoms with Gasteiger partial charge in [-0.25, -0.2) is 0 Å². The maximum Gasteiger partial charge on any atom is 0.0466 e. The molecule has 0 saturated heterocycles. The molecule has 6 rings (SSSR count). The fourth-order valence-corrected chi connectivity index (χ4v) is 12.1. The number of allylic oxidation sites excluding steroid dienone is 4. The van der Waals surface area contributed by atoms with E-state index >= 15 is 0 Å². The molecule has 1 heteroatoms. The van der Waals surface area contributed by atoms with Crippen molar-refractivity contribution < 1.29 is 4.74 Å². The van der Waals surface area contributed by atoms with Gasteiger partial charge in [0.25, 0.3) is 0 Å². The molecule has 2 aromatic rings. The van der Waals surface area contributed by atoms with Crippen LogP contribution in [0.3, 0.4) is 0 Å². The lowest BCUT2D eigenvalue weighted by Crippen LogP contribution is -2.13. The summed E-state index contributed by atoms with van der Waals surface area (Å²) in [4.78, 5) is 0. The summed E-state index contributed by atoms with van der Waals surface area (Å²) in [5.74, 6) is 5.07. The molecule has 0 spiro atoms. The molecular weight excluding hydrogens is 737 g/mol. The topological polar surface area (TPSA) is 9.23 Å². The second-order valence-corrected chi connectivity index (χ2v) is 21.1. The van der Waals surface area contributed by atoms with Gasteiger partial charge in [-0.3, -0.25) is 0 Å². The summed E-state index contributed by atoms with van der Waals surface area (Å²) in [5.41, 5.74) is 9.84. The smallest absolute Gasteiger partial charge is 0.0466 e. The second kappa shape index (κ2) is 28.6. The van der Waals surface area contributed by atoms with E-state index in [2.05, 4.69) is 74.5 Å². The number of hydrogen-bond acceptors (Lipinski definition) is 1. The first-order valence-electron chi connectivity index (χ1n) is 27.3. The number of unbranched alkanes of at least 4 members (excludes halogenated alkanes) is 12. The second-order valence-electron chi connectivity index (χ2n) is 21.1. The van der Waals surface area contributed by atoms with Crippen molar-refractivity contribution in [2.24, 2.45) is 11.8 Å². The molecule has 0 aromatic heterocycles. The summed E-state index contributed by atoms with van der Waals surface area (Å²) >= 11 is 0. The highest BCUT2D eigenvalue weighted by atomic mass is 16.5. The van der Waals surface area contributed by atoms with E-state index in [-0.39, 0.29) is 0 Å². The van der Waals surface area contributed by atoms with E-state index in [0.29, 0.717) is 0 Å². The van der Waals surface area contributed by atoms with Gasteiger partial charge in [-0.05, 0) is 186 Å². The summed E-state index contributed by atoms with van der Waals surface area (Å²) in [6, 6.07) is 19.9. The molecule has 4 aliphatic rings. The molecule has 0 amide bonds. The SMILES string of the molecule is CCCCCCCC1CCC(c2ccc(C3CC=C(CCCCCOCCCCCC4=CCC(c5ccc(C6CCC(CCCCCCC)CC6)cc5)CC4)CC3)cc2)CC1. The van der Waals surface area contributed by atoms with Gasteiger partial charge in [0.1, 0.15) is 0 Å². The monoisotopic (exact) mass is 831 g/mol. The average Bonchev–Trinajstić information content (AvgIpc) is 3.31. The standard InChI is InChI=1S/C60H94O/c1-3-5-7-9-13-19-49-23-31-53(32-24-49)57-39-43-59(44-40-57)55-35-27-51(28-36-55)21-15-11-17-47-61-48-18-12-16-22-52-29-37-56(38-30-52)60-45-41-58(42-46-60)54-33-25-50(26-34-54)20-14-10-8-6-4-2/h27,29,39-46,49-50,53-56H,3-26,28,30-38,47-48H2,1-2H3. The molecule has 0 aliphatic heterocycles. The van der Waals surface area contributed by atoms with Crippen molar-refractivity contribution in [3.8, 4) is 0 Å². The van der Waals surface area contributed by atoms with E-state index in [1.807, 2.05) is 0 Å². The van der Waals surface area contributed by atoms with Gasteiger partial charge < -0.3 is 4.74 Å². The van der Waals surface area contributed by atoms with Crippen LogP contribution in [0.2, 0.25) is 0 Å². The molecule has 0 heterocycles. The van der Waals surface area contributed by atoms with Gasteiger partial charge in [0.05, 0.1) is 0 Å². The Balaban J connectivity index is 0.733. The van der Waals surface area contributed by atoms with Crippen molar-refractivity contribution in [2.45, 2.75) is 256 Å². The lowest BCUT2D eigenvalue weighted by atomic mass is 9.76. The van der Waals surface area contributed by atoms with Crippen molar-refractivity contribution in [1.29, 1.82) is 0 Å². The predicted octanol–water partition coefficient (Wildman–Crippen LogP) is 19.2. The molecule has 2 aromatic carbocycles. The van der Waals surface area contributed by atoms with Crippen LogP contribution < -0.4 is 0 Å². The summed E-state index contributed by atoms with van der Waals surface area (Å²) < 4.78 is 6.07. The van der Waals surface area contributed by atoms with Gasteiger partial charge in [0, 0.05) is 13.2 Å². The first kappa shape index (κ1) is 48.3. The Kier molecular flexibility index (Phi) is 22.7. The van der Waals surface area contributed by atoms with Crippen molar-refractivity contribution in [3.05, 3.63) is 94.1 Å². The van der Waals surface area contributed by atoms with Crippen molar-refractivity contribution in [1.82, 2.24) is 0 Å². The van der Waals surface area contributed by atoms with Gasteiger partial charge >= 0.3 is 0 Å². The Morgan fingerprint density at radius 1 is 0.377 bits per heavy atom. The minimum Gasteiger partial charge on any atom is -0.381 e. The van der Waals surface area contributed by atoms with E-state index in [1.54, 1.807) is 33.4 Å². The van der Waals surface area contributed by atoms with Crippen LogP contribution in [0.4, 0.5) is 0 Å². The fraction of sp³-hybridized carbons (Fsp3) is 0.733. The van der Waals surface area contributed by atoms with E-state index in [9.17, 15) is 0 Å². The Bertz CT molecular complexity index is 1370. The Morgan fingerprint density at radius 3 is 1.10 bits per heavy atom. The zero-order valence-corrected chi connectivity index (χ0v) is 40.1. The van der Waals surface area contributed by atoms with E-state index in [0.717, 1.165) is 48.7 Å². The molecule has 0 radical (unpaired) electrons. The molecule has 2 unspecified atom stereocenters. The normalized spacial score (nSPS) is 24.7. The van der Waals surface area contributed by atoms with Crippen LogP contribution in [0.5, 0.6) is 0 Å². The van der Waals surface area contributed by atoms with Gasteiger partial charge in [0.15, 0.2) is 0 Å². The molecule has 340 valence electrons. The molecule has 0 bridgehead atoms. The van der Waals surface area contributed by atoms with E-state index in [4.69, 9.17) is 4.74 Å². The van der Waals surface area contributed by atoms with E-state index < -0.39 is 0 Å². The third kappa shape index (κ3) is 17.4. The van der Waals surface area contributed by atoms with Gasteiger partial charge in [-0.1, -0.05) is 176 Å². The largest absolute Gasteiger partial charge is 0.381 e. The molecular formula is C60H94O. The lowest BCUT2D eigenvalue weighted by Gasteiger charge is -2.29. The highest BCUT2D eigenvalue weighted by molar-refractivity contribution is 5.31. The maximum atomic E-state index is 6.07. The van der Waals surface area contributed by atoms with Gasteiger partial charge in [-0.2, -0.15) is 0 Å². The van der Waals surface area contributed by atoms with Crippen LogP contribution in [0.25, 0.3) is 0 Å². The zero-order valence-electron chi connectivity index (χ0n) is 40.1. The molecule has 4 aliphatic carbocycles. The summed E-state index contributed by atoms with van der Waals surface area (Å²) in [5, 5.41) is 0. The maximum absolute atomic E-state index is 6.07. The molecule has 61 heavy (non-hydrogen) atoms. The highest BCUT2D eigenvalue weighted by Crippen LogP contribution is 2.41. The Morgan fingerprint density at radius 2 is 0.738 bits per heavy atom. The van der Waals surface area contributed by atoms with E-state index in [1.165, 1.54) is 218 Å². The minimum atomic E-state index is 0.726. The third-order valence-corrected chi connectivity index (χ3v) is 16.5. The van der Waals surface area contributed by atoms with Gasteiger partial charge in [-0.15, -0.1) is 0 Å². The van der Waals surface area contributed by atoms with Crippen LogP contribution in [-0.2, 0) is 4.74 Å². The van der Waals surface area contributed by atoms with Crippen LogP contribution >= 0.6 is 0 Å². The first-order chi connectivity index (χ1) is 30.2. The average molecular weight is 831 g/mol. The zero-order chi connectivity index (χ0) is 42.2. The van der Waals surface area contributed by atoms with Crippen LogP contribution in [0, 0.1) is 11.8 Å². The number of rotatable bonds is 28. The molecule has 0 N–H and O–H groups in total. The third-order valence-electron chi connectivity index (χ3n) is 16.5. The summed E-state index contributed by atoms with van der Waals surface area (Å²) in [7, 11) is 0.